The molecule has 2 heterocycles. The first-order valence-corrected chi connectivity index (χ1v) is 9.22. The Morgan fingerprint density at radius 1 is 1.35 bits per heavy atom. The summed E-state index contributed by atoms with van der Waals surface area (Å²) in [6, 6.07) is 4.89. The van der Waals surface area contributed by atoms with E-state index < -0.39 is 17.7 Å². The Morgan fingerprint density at radius 3 is 2.65 bits per heavy atom. The van der Waals surface area contributed by atoms with Gasteiger partial charge in [0.05, 0.1) is 17.2 Å². The molecule has 2 aromatic rings. The second kappa shape index (κ2) is 7.36. The second-order valence-electron chi connectivity index (χ2n) is 6.52. The van der Waals surface area contributed by atoms with Gasteiger partial charge in [-0.3, -0.25) is 9.69 Å². The third-order valence-corrected chi connectivity index (χ3v) is 5.75. The van der Waals surface area contributed by atoms with E-state index >= 15 is 0 Å². The molecule has 1 N–H and O–H groups in total. The number of carboxylic acids is 1. The fourth-order valence-electron chi connectivity index (χ4n) is 3.29. The van der Waals surface area contributed by atoms with Crippen LogP contribution < -0.4 is 0 Å². The molecule has 2 atom stereocenters. The number of alkyl halides is 3. The molecule has 8 heteroatoms. The van der Waals surface area contributed by atoms with Crippen molar-refractivity contribution in [3.8, 4) is 10.6 Å². The number of nitrogens with zero attached hydrogens (tertiary/aromatic N) is 2. The molecule has 0 unspecified atom stereocenters. The summed E-state index contributed by atoms with van der Waals surface area (Å²) in [5, 5.41) is 11.8. The Labute approximate surface area is 153 Å². The number of halogens is 3. The van der Waals surface area contributed by atoms with Gasteiger partial charge in [0.15, 0.2) is 0 Å². The molecular formula is C18H19F3N2O2S. The quantitative estimate of drug-likeness (QED) is 0.843. The summed E-state index contributed by atoms with van der Waals surface area (Å²) in [5.74, 6) is -1.15. The number of hydrogen-bond acceptors (Lipinski definition) is 4. The van der Waals surface area contributed by atoms with Crippen LogP contribution in [0.3, 0.4) is 0 Å². The van der Waals surface area contributed by atoms with Crippen molar-refractivity contribution in [2.45, 2.75) is 38.5 Å². The van der Waals surface area contributed by atoms with Crippen LogP contribution in [0, 0.1) is 5.92 Å². The lowest BCUT2D eigenvalue weighted by atomic mass is 9.90. The number of carbonyl (C=O) groups is 1. The molecule has 0 amide bonds. The zero-order chi connectivity index (χ0) is 18.9. The maximum Gasteiger partial charge on any atom is 0.416 e. The summed E-state index contributed by atoms with van der Waals surface area (Å²) >= 11 is 1.38. The van der Waals surface area contributed by atoms with Crippen molar-refractivity contribution >= 4 is 17.3 Å². The highest BCUT2D eigenvalue weighted by Crippen LogP contribution is 2.32. The van der Waals surface area contributed by atoms with E-state index in [1.165, 1.54) is 23.5 Å². The maximum absolute atomic E-state index is 12.7. The van der Waals surface area contributed by atoms with E-state index in [1.54, 1.807) is 0 Å². The van der Waals surface area contributed by atoms with Crippen molar-refractivity contribution in [3.05, 3.63) is 40.9 Å². The van der Waals surface area contributed by atoms with Gasteiger partial charge in [-0.15, -0.1) is 11.3 Å². The lowest BCUT2D eigenvalue weighted by Gasteiger charge is -2.37. The molecule has 1 aromatic carbocycles. The van der Waals surface area contributed by atoms with Gasteiger partial charge in [-0.05, 0) is 38.4 Å². The highest BCUT2D eigenvalue weighted by molar-refractivity contribution is 7.13. The van der Waals surface area contributed by atoms with Crippen LogP contribution in [0.15, 0.2) is 29.6 Å². The van der Waals surface area contributed by atoms with E-state index in [9.17, 15) is 23.1 Å². The summed E-state index contributed by atoms with van der Waals surface area (Å²) in [6.45, 7) is 3.28. The highest BCUT2D eigenvalue weighted by Gasteiger charge is 2.33. The van der Waals surface area contributed by atoms with Crippen molar-refractivity contribution in [1.29, 1.82) is 0 Å². The van der Waals surface area contributed by atoms with Crippen molar-refractivity contribution in [2.75, 3.05) is 6.54 Å². The van der Waals surface area contributed by atoms with Crippen LogP contribution in [-0.2, 0) is 17.5 Å². The number of likely N-dealkylation sites (tertiary alicyclic amines) is 1. The van der Waals surface area contributed by atoms with Gasteiger partial charge in [-0.25, -0.2) is 4.98 Å². The molecule has 1 aliphatic heterocycles. The minimum absolute atomic E-state index is 0.0718. The number of aromatic nitrogens is 1. The molecule has 0 spiro atoms. The van der Waals surface area contributed by atoms with Gasteiger partial charge in [-0.2, -0.15) is 13.2 Å². The van der Waals surface area contributed by atoms with Crippen LogP contribution in [0.2, 0.25) is 0 Å². The standard InChI is InChI=1S/C18H19F3N2O2S/c1-11-15(17(24)25)3-2-8-23(11)9-14-10-26-16(22-14)12-4-6-13(7-5-12)18(19,20)21/h4-7,10-11,15H,2-3,8-9H2,1H3,(H,24,25)/t11-,15-/m1/s1. The van der Waals surface area contributed by atoms with Gasteiger partial charge >= 0.3 is 12.1 Å². The zero-order valence-electron chi connectivity index (χ0n) is 14.2. The molecule has 1 aromatic heterocycles. The summed E-state index contributed by atoms with van der Waals surface area (Å²) < 4.78 is 38.0. The molecule has 0 saturated carbocycles. The monoisotopic (exact) mass is 384 g/mol. The van der Waals surface area contributed by atoms with Gasteiger partial charge in [-0.1, -0.05) is 12.1 Å². The first kappa shape index (κ1) is 18.8. The number of carboxylic acid groups (broad SMARTS) is 1. The van der Waals surface area contributed by atoms with Crippen LogP contribution in [-0.4, -0.2) is 33.5 Å². The van der Waals surface area contributed by atoms with E-state index in [1.807, 2.05) is 12.3 Å². The minimum atomic E-state index is -4.35. The first-order chi connectivity index (χ1) is 12.3. The van der Waals surface area contributed by atoms with Crippen molar-refractivity contribution in [3.63, 3.8) is 0 Å². The summed E-state index contributed by atoms with van der Waals surface area (Å²) in [5.41, 5.74) is 0.770. The Hall–Kier alpha value is -1.93. The normalized spacial score (nSPS) is 21.7. The fraction of sp³-hybridized carbons (Fsp3) is 0.444. The lowest BCUT2D eigenvalue weighted by Crippen LogP contribution is -2.45. The Morgan fingerprint density at radius 2 is 2.04 bits per heavy atom. The number of aliphatic carboxylic acids is 1. The number of piperidine rings is 1. The van der Waals surface area contributed by atoms with Gasteiger partial charge in [0, 0.05) is 23.5 Å². The summed E-state index contributed by atoms with van der Waals surface area (Å²) in [4.78, 5) is 18.0. The van der Waals surface area contributed by atoms with Gasteiger partial charge in [0.25, 0.3) is 0 Å². The molecule has 0 bridgehead atoms. The molecule has 1 fully saturated rings. The predicted molar refractivity (Wildman–Crippen MR) is 92.8 cm³/mol. The van der Waals surface area contributed by atoms with Crippen LogP contribution in [0.5, 0.6) is 0 Å². The van der Waals surface area contributed by atoms with Crippen molar-refractivity contribution < 1.29 is 23.1 Å². The molecule has 1 saturated heterocycles. The Balaban J connectivity index is 1.71. The van der Waals surface area contributed by atoms with Crippen LogP contribution in [0.4, 0.5) is 13.2 Å². The Kier molecular flexibility index (Phi) is 5.34. The van der Waals surface area contributed by atoms with Gasteiger partial charge < -0.3 is 5.11 Å². The summed E-state index contributed by atoms with van der Waals surface area (Å²) in [6.07, 6.45) is -2.84. The van der Waals surface area contributed by atoms with Crippen molar-refractivity contribution in [2.24, 2.45) is 5.92 Å². The van der Waals surface area contributed by atoms with E-state index in [-0.39, 0.29) is 12.0 Å². The second-order valence-corrected chi connectivity index (χ2v) is 7.38. The number of benzene rings is 1. The van der Waals surface area contributed by atoms with Crippen LogP contribution in [0.1, 0.15) is 31.0 Å². The SMILES string of the molecule is C[C@@H]1[C@H](C(=O)O)CCCN1Cc1csc(-c2ccc(C(F)(F)F)cc2)n1. The predicted octanol–water partition coefficient (Wildman–Crippen LogP) is 4.51. The maximum atomic E-state index is 12.7. The average Bonchev–Trinajstić information content (AvgIpc) is 3.04. The highest BCUT2D eigenvalue weighted by atomic mass is 32.1. The number of thiazole rings is 1. The minimum Gasteiger partial charge on any atom is -0.481 e. The largest absolute Gasteiger partial charge is 0.481 e. The fourth-order valence-corrected chi connectivity index (χ4v) is 4.11. The van der Waals surface area contributed by atoms with Gasteiger partial charge in [0.1, 0.15) is 5.01 Å². The molecule has 4 nitrogen and oxygen atoms in total. The Bertz CT molecular complexity index is 773. The smallest absolute Gasteiger partial charge is 0.416 e. The van der Waals surface area contributed by atoms with Crippen LogP contribution in [0.25, 0.3) is 10.6 Å². The summed E-state index contributed by atoms with van der Waals surface area (Å²) in [7, 11) is 0. The molecular weight excluding hydrogens is 365 g/mol. The zero-order valence-corrected chi connectivity index (χ0v) is 15.0. The molecule has 0 aliphatic carbocycles. The molecule has 26 heavy (non-hydrogen) atoms. The van der Waals surface area contributed by atoms with Crippen molar-refractivity contribution in [1.82, 2.24) is 9.88 Å². The molecule has 140 valence electrons. The first-order valence-electron chi connectivity index (χ1n) is 8.34. The van der Waals surface area contributed by atoms with E-state index in [0.29, 0.717) is 23.5 Å². The third-order valence-electron chi connectivity index (χ3n) is 4.81. The number of hydrogen-bond donors (Lipinski definition) is 1. The topological polar surface area (TPSA) is 53.4 Å². The van der Waals surface area contributed by atoms with E-state index in [4.69, 9.17) is 0 Å². The third kappa shape index (κ3) is 4.07. The van der Waals surface area contributed by atoms with Crippen LogP contribution >= 0.6 is 11.3 Å². The molecule has 3 rings (SSSR count). The van der Waals surface area contributed by atoms with E-state index in [0.717, 1.165) is 30.8 Å². The lowest BCUT2D eigenvalue weighted by molar-refractivity contribution is -0.146. The average molecular weight is 384 g/mol. The molecule has 0 radical (unpaired) electrons. The number of rotatable bonds is 4. The van der Waals surface area contributed by atoms with Gasteiger partial charge in [0.2, 0.25) is 0 Å². The van der Waals surface area contributed by atoms with E-state index in [2.05, 4.69) is 9.88 Å². The molecule has 1 aliphatic rings.